The molecular formula is C28H25F3N4O. The Kier molecular flexibility index (Phi) is 6.35. The fraction of sp³-hybridized carbons (Fsp3) is 0.250. The Morgan fingerprint density at radius 2 is 1.69 bits per heavy atom. The van der Waals surface area contributed by atoms with Crippen molar-refractivity contribution in [3.8, 4) is 11.3 Å². The molecule has 0 spiro atoms. The number of carbonyl (C=O) groups is 1. The predicted molar refractivity (Wildman–Crippen MR) is 135 cm³/mol. The highest BCUT2D eigenvalue weighted by molar-refractivity contribution is 5.94. The quantitative estimate of drug-likeness (QED) is 0.356. The van der Waals surface area contributed by atoms with Gasteiger partial charge >= 0.3 is 6.18 Å². The molecular weight excluding hydrogens is 465 g/mol. The van der Waals surface area contributed by atoms with Gasteiger partial charge in [0, 0.05) is 35.6 Å². The Bertz CT molecular complexity index is 1400. The number of fused-ring (bicyclic) bond motifs is 1. The number of piperidine rings is 1. The van der Waals surface area contributed by atoms with Gasteiger partial charge in [-0.1, -0.05) is 48.0 Å². The minimum absolute atomic E-state index is 0.151. The zero-order valence-electron chi connectivity index (χ0n) is 19.7. The van der Waals surface area contributed by atoms with Gasteiger partial charge in [-0.2, -0.15) is 13.2 Å². The van der Waals surface area contributed by atoms with Crippen molar-refractivity contribution in [1.82, 2.24) is 9.97 Å². The maximum absolute atomic E-state index is 13.0. The van der Waals surface area contributed by atoms with Crippen molar-refractivity contribution in [2.75, 3.05) is 23.3 Å². The van der Waals surface area contributed by atoms with Gasteiger partial charge in [-0.25, -0.2) is 9.97 Å². The highest BCUT2D eigenvalue weighted by Gasteiger charge is 2.31. The molecule has 8 heteroatoms. The largest absolute Gasteiger partial charge is 0.416 e. The molecule has 36 heavy (non-hydrogen) atoms. The second-order valence-corrected chi connectivity index (χ2v) is 9.09. The summed E-state index contributed by atoms with van der Waals surface area (Å²) < 4.78 is 39.0. The summed E-state index contributed by atoms with van der Waals surface area (Å²) in [5, 5.41) is 3.64. The van der Waals surface area contributed by atoms with Gasteiger partial charge in [-0.15, -0.1) is 0 Å². The molecule has 1 fully saturated rings. The normalized spacial score (nSPS) is 14.7. The van der Waals surface area contributed by atoms with Gasteiger partial charge in [-0.05, 0) is 50.1 Å². The van der Waals surface area contributed by atoms with Gasteiger partial charge in [0.1, 0.15) is 0 Å². The molecule has 1 aliphatic heterocycles. The Balaban J connectivity index is 1.33. The van der Waals surface area contributed by atoms with E-state index in [-0.39, 0.29) is 17.5 Å². The molecule has 1 N–H and O–H groups in total. The van der Waals surface area contributed by atoms with Crippen molar-refractivity contribution >= 4 is 28.4 Å². The Morgan fingerprint density at radius 1 is 0.944 bits per heavy atom. The van der Waals surface area contributed by atoms with Gasteiger partial charge in [0.25, 0.3) is 0 Å². The number of benzene rings is 3. The Morgan fingerprint density at radius 3 is 2.42 bits per heavy atom. The van der Waals surface area contributed by atoms with Crippen molar-refractivity contribution in [1.29, 1.82) is 0 Å². The summed E-state index contributed by atoms with van der Waals surface area (Å²) in [6.07, 6.45) is -3.34. The summed E-state index contributed by atoms with van der Waals surface area (Å²) in [6.45, 7) is 3.19. The predicted octanol–water partition coefficient (Wildman–Crippen LogP) is 6.48. The van der Waals surface area contributed by atoms with Crippen molar-refractivity contribution in [3.05, 3.63) is 83.9 Å². The van der Waals surface area contributed by atoms with Crippen LogP contribution in [0.25, 0.3) is 22.2 Å². The lowest BCUT2D eigenvalue weighted by molar-refractivity contribution is -0.137. The smallest absolute Gasteiger partial charge is 0.341 e. The van der Waals surface area contributed by atoms with Crippen LogP contribution in [0.4, 0.5) is 24.8 Å². The van der Waals surface area contributed by atoms with E-state index in [2.05, 4.69) is 16.3 Å². The van der Waals surface area contributed by atoms with Gasteiger partial charge in [0.2, 0.25) is 11.9 Å². The average molecular weight is 491 g/mol. The van der Waals surface area contributed by atoms with E-state index in [9.17, 15) is 18.0 Å². The topological polar surface area (TPSA) is 58.1 Å². The third kappa shape index (κ3) is 5.03. The van der Waals surface area contributed by atoms with Crippen molar-refractivity contribution in [2.45, 2.75) is 25.9 Å². The number of alkyl halides is 3. The van der Waals surface area contributed by atoms with Crippen LogP contribution in [-0.4, -0.2) is 29.0 Å². The van der Waals surface area contributed by atoms with Crippen LogP contribution in [0, 0.1) is 12.8 Å². The fourth-order valence-electron chi connectivity index (χ4n) is 4.55. The average Bonchev–Trinajstić information content (AvgIpc) is 2.88. The second-order valence-electron chi connectivity index (χ2n) is 9.09. The number of hydrogen-bond donors (Lipinski definition) is 1. The molecule has 0 unspecified atom stereocenters. The summed E-state index contributed by atoms with van der Waals surface area (Å²) in [6, 6.07) is 20.8. The van der Waals surface area contributed by atoms with Crippen molar-refractivity contribution < 1.29 is 18.0 Å². The van der Waals surface area contributed by atoms with Crippen LogP contribution in [0.2, 0.25) is 0 Å². The zero-order valence-corrected chi connectivity index (χ0v) is 19.7. The molecule has 0 saturated carbocycles. The van der Waals surface area contributed by atoms with Crippen LogP contribution < -0.4 is 10.2 Å². The van der Waals surface area contributed by atoms with E-state index in [0.717, 1.165) is 39.9 Å². The molecule has 5 rings (SSSR count). The van der Waals surface area contributed by atoms with Crippen molar-refractivity contribution in [3.63, 3.8) is 0 Å². The molecule has 0 radical (unpaired) electrons. The zero-order chi connectivity index (χ0) is 25.3. The second kappa shape index (κ2) is 9.60. The molecule has 5 nitrogen and oxygen atoms in total. The third-order valence-corrected chi connectivity index (χ3v) is 6.49. The molecule has 0 bridgehead atoms. The minimum Gasteiger partial charge on any atom is -0.341 e. The molecule has 1 aromatic heterocycles. The first kappa shape index (κ1) is 23.8. The van der Waals surface area contributed by atoms with Gasteiger partial charge in [0.05, 0.1) is 16.8 Å². The molecule has 0 aliphatic carbocycles. The number of amides is 1. The van der Waals surface area contributed by atoms with E-state index >= 15 is 0 Å². The van der Waals surface area contributed by atoms with E-state index in [4.69, 9.17) is 9.97 Å². The first-order valence-corrected chi connectivity index (χ1v) is 11.8. The van der Waals surface area contributed by atoms with Crippen LogP contribution in [-0.2, 0) is 11.0 Å². The van der Waals surface area contributed by atoms with Crippen LogP contribution in [0.1, 0.15) is 24.0 Å². The lowest BCUT2D eigenvalue weighted by atomic mass is 9.96. The summed E-state index contributed by atoms with van der Waals surface area (Å²) >= 11 is 0. The summed E-state index contributed by atoms with van der Waals surface area (Å²) in [5.41, 5.74) is 3.22. The van der Waals surface area contributed by atoms with E-state index in [0.29, 0.717) is 31.9 Å². The molecule has 4 aromatic rings. The lowest BCUT2D eigenvalue weighted by Crippen LogP contribution is -2.39. The first-order valence-electron chi connectivity index (χ1n) is 11.8. The van der Waals surface area contributed by atoms with Crippen LogP contribution in [0.5, 0.6) is 0 Å². The number of aryl methyl sites for hydroxylation is 1. The van der Waals surface area contributed by atoms with Crippen LogP contribution >= 0.6 is 0 Å². The van der Waals surface area contributed by atoms with Gasteiger partial charge < -0.3 is 10.2 Å². The number of rotatable bonds is 4. The third-order valence-electron chi connectivity index (χ3n) is 6.49. The highest BCUT2D eigenvalue weighted by Crippen LogP contribution is 2.32. The number of halogens is 3. The highest BCUT2D eigenvalue weighted by atomic mass is 19.4. The fourth-order valence-corrected chi connectivity index (χ4v) is 4.55. The SMILES string of the molecule is Cc1ccc2nc(N3CCC(C(=O)Nc4cccc(C(F)(F)F)c4)CC3)nc(-c3ccccc3)c2c1. The van der Waals surface area contributed by atoms with Crippen LogP contribution in [0.15, 0.2) is 72.8 Å². The molecule has 3 aromatic carbocycles. The molecule has 1 amide bonds. The van der Waals surface area contributed by atoms with E-state index < -0.39 is 11.7 Å². The standard InChI is InChI=1S/C28H25F3N4O/c1-18-10-11-24-23(16-18)25(19-6-3-2-4-7-19)34-27(33-24)35-14-12-20(13-15-35)26(36)32-22-9-5-8-21(17-22)28(29,30)31/h2-11,16-17,20H,12-15H2,1H3,(H,32,36). The van der Waals surface area contributed by atoms with Gasteiger partial charge in [0.15, 0.2) is 0 Å². The number of carbonyl (C=O) groups excluding carboxylic acids is 1. The van der Waals surface area contributed by atoms with E-state index in [1.807, 2.05) is 49.4 Å². The molecule has 184 valence electrons. The molecule has 1 aliphatic rings. The number of nitrogens with zero attached hydrogens (tertiary/aromatic N) is 3. The Labute approximate surface area is 207 Å². The maximum Gasteiger partial charge on any atom is 0.416 e. The maximum atomic E-state index is 13.0. The van der Waals surface area contributed by atoms with Crippen LogP contribution in [0.3, 0.4) is 0 Å². The van der Waals surface area contributed by atoms with Gasteiger partial charge in [-0.3, -0.25) is 4.79 Å². The molecule has 1 saturated heterocycles. The number of anilines is 2. The van der Waals surface area contributed by atoms with Crippen molar-refractivity contribution in [2.24, 2.45) is 5.92 Å². The minimum atomic E-state index is -4.46. The lowest BCUT2D eigenvalue weighted by Gasteiger charge is -2.31. The monoisotopic (exact) mass is 490 g/mol. The summed E-state index contributed by atoms with van der Waals surface area (Å²) in [4.78, 5) is 24.6. The number of aromatic nitrogens is 2. The molecule has 2 heterocycles. The number of nitrogens with one attached hydrogen (secondary N) is 1. The van der Waals surface area contributed by atoms with E-state index in [1.54, 1.807) is 0 Å². The molecule has 0 atom stereocenters. The Hall–Kier alpha value is -3.94. The summed E-state index contributed by atoms with van der Waals surface area (Å²) in [5.74, 6) is 0.0447. The first-order chi connectivity index (χ1) is 17.3. The number of hydrogen-bond acceptors (Lipinski definition) is 4. The summed E-state index contributed by atoms with van der Waals surface area (Å²) in [7, 11) is 0. The van der Waals surface area contributed by atoms with E-state index in [1.165, 1.54) is 12.1 Å².